The number of carbonyl (C=O) groups excluding carboxylic acids is 1. The Kier molecular flexibility index (Phi) is 3.74. The van der Waals surface area contributed by atoms with Crippen LogP contribution in [0.15, 0.2) is 28.8 Å². The lowest BCUT2D eigenvalue weighted by Gasteiger charge is -2.31. The van der Waals surface area contributed by atoms with Gasteiger partial charge in [0.05, 0.1) is 5.02 Å². The van der Waals surface area contributed by atoms with Gasteiger partial charge in [0.2, 0.25) is 5.89 Å². The molecular weight excluding hydrogens is 352 g/mol. The first-order chi connectivity index (χ1) is 12.7. The van der Waals surface area contributed by atoms with Crippen molar-refractivity contribution in [3.63, 3.8) is 0 Å². The van der Waals surface area contributed by atoms with Crippen molar-refractivity contribution in [3.8, 4) is 0 Å². The van der Waals surface area contributed by atoms with Crippen LogP contribution in [0.25, 0.3) is 10.9 Å². The van der Waals surface area contributed by atoms with Crippen LogP contribution in [0, 0.1) is 0 Å². The zero-order valence-corrected chi connectivity index (χ0v) is 15.0. The molecule has 1 aliphatic carbocycles. The average molecular weight is 371 g/mol. The minimum Gasteiger partial charge on any atom is -0.349 e. The van der Waals surface area contributed by atoms with E-state index in [9.17, 15) is 4.79 Å². The van der Waals surface area contributed by atoms with Crippen molar-refractivity contribution >= 4 is 28.4 Å². The van der Waals surface area contributed by atoms with Gasteiger partial charge < -0.3 is 14.4 Å². The lowest BCUT2D eigenvalue weighted by Crippen LogP contribution is -2.39. The lowest BCUT2D eigenvalue weighted by molar-refractivity contribution is 0.0699. The summed E-state index contributed by atoms with van der Waals surface area (Å²) in [6.07, 6.45) is 4.15. The number of nitrogens with zero attached hydrogens (tertiary/aromatic N) is 3. The molecule has 2 aliphatic rings. The maximum Gasteiger partial charge on any atom is 0.271 e. The van der Waals surface area contributed by atoms with E-state index in [4.69, 9.17) is 16.1 Å². The number of rotatable bonds is 3. The number of likely N-dealkylation sites (tertiary alicyclic amines) is 1. The third-order valence-electron chi connectivity index (χ3n) is 5.31. The van der Waals surface area contributed by atoms with Crippen molar-refractivity contribution in [1.82, 2.24) is 20.0 Å². The quantitative estimate of drug-likeness (QED) is 0.753. The van der Waals surface area contributed by atoms with E-state index in [1.54, 1.807) is 0 Å². The largest absolute Gasteiger partial charge is 0.349 e. The van der Waals surface area contributed by atoms with E-state index in [0.717, 1.165) is 48.3 Å². The fourth-order valence-corrected chi connectivity index (χ4v) is 3.99. The molecule has 1 N–H and O–H groups in total. The Morgan fingerprint density at radius 1 is 1.23 bits per heavy atom. The van der Waals surface area contributed by atoms with Crippen LogP contribution in [-0.2, 0) is 0 Å². The first kappa shape index (κ1) is 15.9. The van der Waals surface area contributed by atoms with Gasteiger partial charge in [-0.15, -0.1) is 0 Å². The standard InChI is InChI=1S/C19H19ClN4O2/c20-15-13-5-1-2-6-14(13)21-16(15)19(25)24-9-3-4-12(10-24)17-22-18(26-23-17)11-7-8-11/h1-2,5-6,11-12,21H,3-4,7-10H2. The Labute approximate surface area is 155 Å². The second kappa shape index (κ2) is 6.13. The molecule has 2 fully saturated rings. The summed E-state index contributed by atoms with van der Waals surface area (Å²) in [5.74, 6) is 1.98. The topological polar surface area (TPSA) is 75.0 Å². The van der Waals surface area contributed by atoms with Crippen molar-refractivity contribution < 1.29 is 9.32 Å². The molecule has 3 heterocycles. The third-order valence-corrected chi connectivity index (χ3v) is 5.71. The van der Waals surface area contributed by atoms with Gasteiger partial charge in [0.25, 0.3) is 5.91 Å². The number of para-hydroxylation sites is 1. The van der Waals surface area contributed by atoms with Gasteiger partial charge in [0.1, 0.15) is 5.69 Å². The number of carbonyl (C=O) groups is 1. The number of hydrogen-bond donors (Lipinski definition) is 1. The number of fused-ring (bicyclic) bond motifs is 1. The molecule has 1 unspecified atom stereocenters. The minimum absolute atomic E-state index is 0.0678. The summed E-state index contributed by atoms with van der Waals surface area (Å²) < 4.78 is 5.39. The minimum atomic E-state index is -0.0678. The van der Waals surface area contributed by atoms with Crippen molar-refractivity contribution in [3.05, 3.63) is 46.7 Å². The molecule has 1 saturated heterocycles. The van der Waals surface area contributed by atoms with Crippen LogP contribution in [0.5, 0.6) is 0 Å². The summed E-state index contributed by atoms with van der Waals surface area (Å²) in [6, 6.07) is 7.69. The molecule has 3 aromatic rings. The van der Waals surface area contributed by atoms with Gasteiger partial charge in [-0.3, -0.25) is 4.79 Å². The van der Waals surface area contributed by atoms with E-state index in [1.807, 2.05) is 29.2 Å². The Bertz CT molecular complexity index is 975. The highest BCUT2D eigenvalue weighted by Crippen LogP contribution is 2.39. The van der Waals surface area contributed by atoms with Crippen LogP contribution in [0.3, 0.4) is 0 Å². The predicted octanol–water partition coefficient (Wildman–Crippen LogP) is 4.10. The first-order valence-electron chi connectivity index (χ1n) is 9.09. The Morgan fingerprint density at radius 2 is 2.08 bits per heavy atom. The summed E-state index contributed by atoms with van der Waals surface area (Å²) in [6.45, 7) is 1.31. The molecule has 5 rings (SSSR count). The van der Waals surface area contributed by atoms with Crippen molar-refractivity contribution in [2.75, 3.05) is 13.1 Å². The second-order valence-corrected chi connectivity index (χ2v) is 7.59. The number of hydrogen-bond acceptors (Lipinski definition) is 4. The van der Waals surface area contributed by atoms with Crippen LogP contribution in [-0.4, -0.2) is 39.0 Å². The molecule has 1 aliphatic heterocycles. The lowest BCUT2D eigenvalue weighted by atomic mass is 9.97. The molecule has 1 aromatic carbocycles. The van der Waals surface area contributed by atoms with E-state index < -0.39 is 0 Å². The van der Waals surface area contributed by atoms with Gasteiger partial charge in [-0.2, -0.15) is 4.98 Å². The van der Waals surface area contributed by atoms with Gasteiger partial charge in [-0.1, -0.05) is 35.0 Å². The average Bonchev–Trinajstić information content (AvgIpc) is 3.32. The molecule has 6 nitrogen and oxygen atoms in total. The molecule has 0 spiro atoms. The highest BCUT2D eigenvalue weighted by Gasteiger charge is 2.33. The molecule has 0 radical (unpaired) electrons. The van der Waals surface area contributed by atoms with Crippen molar-refractivity contribution in [2.24, 2.45) is 0 Å². The highest BCUT2D eigenvalue weighted by atomic mass is 35.5. The fourth-order valence-electron chi connectivity index (χ4n) is 3.69. The van der Waals surface area contributed by atoms with Crippen LogP contribution < -0.4 is 0 Å². The number of nitrogens with one attached hydrogen (secondary N) is 1. The van der Waals surface area contributed by atoms with Crippen LogP contribution in [0.4, 0.5) is 0 Å². The zero-order chi connectivity index (χ0) is 17.7. The number of halogens is 1. The SMILES string of the molecule is O=C(c1[nH]c2ccccc2c1Cl)N1CCCC(c2noc(C3CC3)n2)C1. The molecule has 26 heavy (non-hydrogen) atoms. The smallest absolute Gasteiger partial charge is 0.271 e. The van der Waals surface area contributed by atoms with Gasteiger partial charge >= 0.3 is 0 Å². The predicted molar refractivity (Wildman–Crippen MR) is 97.5 cm³/mol. The van der Waals surface area contributed by atoms with Crippen LogP contribution in [0.1, 0.15) is 59.7 Å². The summed E-state index contributed by atoms with van der Waals surface area (Å²) in [4.78, 5) is 22.6. The number of H-pyrrole nitrogens is 1. The molecule has 2 aromatic heterocycles. The molecule has 1 atom stereocenters. The second-order valence-electron chi connectivity index (χ2n) is 7.21. The number of aromatic amines is 1. The van der Waals surface area contributed by atoms with E-state index in [0.29, 0.717) is 29.7 Å². The monoisotopic (exact) mass is 370 g/mol. The zero-order valence-electron chi connectivity index (χ0n) is 14.2. The normalized spacial score (nSPS) is 20.7. The van der Waals surface area contributed by atoms with Crippen LogP contribution in [0.2, 0.25) is 5.02 Å². The van der Waals surface area contributed by atoms with E-state index >= 15 is 0 Å². The Hall–Kier alpha value is -2.34. The van der Waals surface area contributed by atoms with E-state index in [1.165, 1.54) is 0 Å². The molecule has 0 bridgehead atoms. The number of benzene rings is 1. The van der Waals surface area contributed by atoms with E-state index in [-0.39, 0.29) is 11.8 Å². The summed E-state index contributed by atoms with van der Waals surface area (Å²) in [5.41, 5.74) is 1.34. The van der Waals surface area contributed by atoms with Gasteiger partial charge in [0.15, 0.2) is 5.82 Å². The van der Waals surface area contributed by atoms with Gasteiger partial charge in [0, 0.05) is 35.8 Å². The van der Waals surface area contributed by atoms with E-state index in [2.05, 4.69) is 15.1 Å². The summed E-state index contributed by atoms with van der Waals surface area (Å²) >= 11 is 6.45. The van der Waals surface area contributed by atoms with Crippen molar-refractivity contribution in [1.29, 1.82) is 0 Å². The number of piperidine rings is 1. The molecule has 7 heteroatoms. The fraction of sp³-hybridized carbons (Fsp3) is 0.421. The van der Waals surface area contributed by atoms with Gasteiger partial charge in [-0.25, -0.2) is 0 Å². The summed E-state index contributed by atoms with van der Waals surface area (Å²) in [7, 11) is 0. The maximum absolute atomic E-state index is 13.0. The van der Waals surface area contributed by atoms with Gasteiger partial charge in [-0.05, 0) is 31.7 Å². The maximum atomic E-state index is 13.0. The highest BCUT2D eigenvalue weighted by molar-refractivity contribution is 6.38. The van der Waals surface area contributed by atoms with Crippen molar-refractivity contribution in [2.45, 2.75) is 37.5 Å². The Morgan fingerprint density at radius 3 is 2.88 bits per heavy atom. The molecule has 134 valence electrons. The number of aromatic nitrogens is 3. The molecule has 1 saturated carbocycles. The number of amides is 1. The first-order valence-corrected chi connectivity index (χ1v) is 9.47. The third kappa shape index (κ3) is 2.69. The summed E-state index contributed by atoms with van der Waals surface area (Å²) in [5, 5.41) is 5.52. The Balaban J connectivity index is 1.38. The molecule has 1 amide bonds. The van der Waals surface area contributed by atoms with Crippen LogP contribution >= 0.6 is 11.6 Å². The molecular formula is C19H19ClN4O2.